The Labute approximate surface area is 239 Å². The topological polar surface area (TPSA) is 68.8 Å². The standard InChI is InChI=1S/C29H25Cl2FN4O2S/c30-20-2-1-3-21(31)25(20)19-15-33-36(18-4-5-18)23(19)10-16-13-29(14-16)6-8-35(9-7-29)28-34-26-22(32)11-17(27(37)38)12-24(26)39-28/h1-3,10-12,15,18-19H,4-9,13-14H2/p+1. The van der Waals surface area contributed by atoms with Crippen molar-refractivity contribution in [2.75, 3.05) is 18.0 Å². The van der Waals surface area contributed by atoms with Gasteiger partial charge in [-0.2, -0.15) is 0 Å². The average Bonchev–Trinajstić information content (AvgIpc) is 3.51. The molecule has 3 aromatic rings. The summed E-state index contributed by atoms with van der Waals surface area (Å²) in [5, 5.41) is 16.1. The molecule has 6 nitrogen and oxygen atoms in total. The zero-order chi connectivity index (χ0) is 26.9. The second kappa shape index (κ2) is 9.39. The molecule has 0 amide bonds. The summed E-state index contributed by atoms with van der Waals surface area (Å²) >= 11 is 14.5. The van der Waals surface area contributed by atoms with Crippen LogP contribution in [0.2, 0.25) is 10.0 Å². The van der Waals surface area contributed by atoms with Crippen molar-refractivity contribution in [3.63, 3.8) is 0 Å². The monoisotopic (exact) mass is 583 g/mol. The van der Waals surface area contributed by atoms with Crippen molar-refractivity contribution in [2.24, 2.45) is 10.5 Å². The third-order valence-electron chi connectivity index (χ3n) is 8.46. The highest BCUT2D eigenvalue weighted by Crippen LogP contribution is 2.53. The van der Waals surface area contributed by atoms with Crippen LogP contribution in [0.1, 0.15) is 60.4 Å². The SMILES string of the molecule is O=C(O)c1cc(F)c2nc(N3CCC4(CC3)CC(=CC3=[N+](C5CC5)N=CC3c3c(Cl)cccc3Cl)C4)sc2c1. The maximum atomic E-state index is 14.5. The maximum absolute atomic E-state index is 14.5. The molecule has 0 radical (unpaired) electrons. The number of rotatable bonds is 5. The van der Waals surface area contributed by atoms with E-state index in [1.807, 2.05) is 24.4 Å². The fraction of sp³-hybridized carbons (Fsp3) is 0.379. The minimum Gasteiger partial charge on any atom is -0.478 e. The van der Waals surface area contributed by atoms with Crippen LogP contribution in [-0.2, 0) is 0 Å². The molecule has 39 heavy (non-hydrogen) atoms. The molecule has 200 valence electrons. The van der Waals surface area contributed by atoms with Gasteiger partial charge in [-0.1, -0.05) is 50.9 Å². The van der Waals surface area contributed by atoms with Crippen LogP contribution in [0.4, 0.5) is 9.52 Å². The van der Waals surface area contributed by atoms with E-state index < -0.39 is 11.8 Å². The zero-order valence-electron chi connectivity index (χ0n) is 21.0. The van der Waals surface area contributed by atoms with Crippen molar-refractivity contribution in [3.05, 3.63) is 69.0 Å². The molecule has 2 aliphatic heterocycles. The van der Waals surface area contributed by atoms with Crippen LogP contribution >= 0.6 is 34.5 Å². The Morgan fingerprint density at radius 1 is 1.18 bits per heavy atom. The van der Waals surface area contributed by atoms with E-state index in [1.54, 1.807) is 0 Å². The highest BCUT2D eigenvalue weighted by molar-refractivity contribution is 7.22. The molecule has 2 aliphatic carbocycles. The summed E-state index contributed by atoms with van der Waals surface area (Å²) in [6, 6.07) is 8.66. The second-order valence-corrected chi connectivity index (χ2v) is 13.0. The first-order valence-corrected chi connectivity index (χ1v) is 14.8. The summed E-state index contributed by atoms with van der Waals surface area (Å²) in [6.45, 7) is 1.71. The second-order valence-electron chi connectivity index (χ2n) is 11.1. The Hall–Kier alpha value is -2.81. The fourth-order valence-corrected chi connectivity index (χ4v) is 7.92. The number of thiazole rings is 1. The van der Waals surface area contributed by atoms with E-state index in [4.69, 9.17) is 28.3 Å². The number of carboxylic acids is 1. The highest BCUT2D eigenvalue weighted by atomic mass is 35.5. The normalized spacial score (nSPS) is 22.2. The van der Waals surface area contributed by atoms with Crippen molar-refractivity contribution >= 4 is 67.8 Å². The van der Waals surface area contributed by atoms with E-state index in [0.717, 1.165) is 68.4 Å². The number of halogens is 3. The molecule has 0 bridgehead atoms. The molecule has 1 unspecified atom stereocenters. The first-order chi connectivity index (χ1) is 18.8. The molecular weight excluding hydrogens is 558 g/mol. The zero-order valence-corrected chi connectivity index (χ0v) is 23.4. The Kier molecular flexibility index (Phi) is 6.06. The van der Waals surface area contributed by atoms with Crippen LogP contribution in [0.25, 0.3) is 10.2 Å². The molecule has 1 aromatic heterocycles. The van der Waals surface area contributed by atoms with E-state index >= 15 is 0 Å². The smallest absolute Gasteiger partial charge is 0.335 e. The molecule has 4 aliphatic rings. The van der Waals surface area contributed by atoms with E-state index in [2.05, 4.69) is 20.6 Å². The minimum atomic E-state index is -1.14. The Bertz CT molecular complexity index is 1590. The largest absolute Gasteiger partial charge is 0.478 e. The maximum Gasteiger partial charge on any atom is 0.335 e. The Balaban J connectivity index is 1.07. The van der Waals surface area contributed by atoms with Crippen LogP contribution in [0.5, 0.6) is 0 Å². The molecular formula is C29H26Cl2FN4O2S+. The molecule has 1 N–H and O–H groups in total. The summed E-state index contributed by atoms with van der Waals surface area (Å²) in [4.78, 5) is 18.0. The lowest BCUT2D eigenvalue weighted by molar-refractivity contribution is -0.543. The number of carbonyl (C=O) groups is 1. The number of allylic oxidation sites excluding steroid dienone is 2. The highest BCUT2D eigenvalue weighted by Gasteiger charge is 2.46. The average molecular weight is 585 g/mol. The van der Waals surface area contributed by atoms with Gasteiger partial charge >= 0.3 is 5.97 Å². The van der Waals surface area contributed by atoms with Gasteiger partial charge in [-0.05, 0) is 60.5 Å². The number of hydrazone groups is 1. The number of hydrogen-bond donors (Lipinski definition) is 1. The van der Waals surface area contributed by atoms with Crippen LogP contribution in [0.15, 0.2) is 47.1 Å². The predicted octanol–water partition coefficient (Wildman–Crippen LogP) is 7.15. The van der Waals surface area contributed by atoms with E-state index in [-0.39, 0.29) is 22.4 Å². The lowest BCUT2D eigenvalue weighted by Crippen LogP contribution is -2.44. The number of aromatic nitrogens is 1. The molecule has 1 spiro atoms. The summed E-state index contributed by atoms with van der Waals surface area (Å²) in [6.07, 6.45) is 10.8. The first-order valence-electron chi connectivity index (χ1n) is 13.2. The fourth-order valence-electron chi connectivity index (χ4n) is 6.22. The number of hydrogen-bond acceptors (Lipinski definition) is 5. The van der Waals surface area contributed by atoms with Gasteiger partial charge in [-0.25, -0.2) is 14.2 Å². The van der Waals surface area contributed by atoms with E-state index in [0.29, 0.717) is 20.8 Å². The predicted molar refractivity (Wildman–Crippen MR) is 154 cm³/mol. The lowest BCUT2D eigenvalue weighted by atomic mass is 9.60. The quantitative estimate of drug-likeness (QED) is 0.324. The molecule has 1 atom stereocenters. The molecule has 1 saturated heterocycles. The number of nitrogens with zero attached hydrogens (tertiary/aromatic N) is 4. The molecule has 10 heteroatoms. The Morgan fingerprint density at radius 3 is 2.56 bits per heavy atom. The van der Waals surface area contributed by atoms with Gasteiger partial charge in [0.25, 0.3) is 0 Å². The molecule has 3 heterocycles. The van der Waals surface area contributed by atoms with Gasteiger partial charge in [0.05, 0.1) is 16.5 Å². The summed E-state index contributed by atoms with van der Waals surface area (Å²) < 4.78 is 17.2. The number of carboxylic acid groups (broad SMARTS) is 1. The van der Waals surface area contributed by atoms with Crippen LogP contribution in [-0.4, -0.2) is 51.8 Å². The lowest BCUT2D eigenvalue weighted by Gasteiger charge is -2.49. The van der Waals surface area contributed by atoms with Gasteiger partial charge in [0.2, 0.25) is 5.71 Å². The molecule has 3 fully saturated rings. The first kappa shape index (κ1) is 25.2. The number of fused-ring (bicyclic) bond motifs is 1. The van der Waals surface area contributed by atoms with Gasteiger partial charge in [0.15, 0.2) is 17.0 Å². The summed E-state index contributed by atoms with van der Waals surface area (Å²) in [7, 11) is 0. The van der Waals surface area contributed by atoms with Crippen molar-refractivity contribution < 1.29 is 19.0 Å². The third-order valence-corrected chi connectivity index (χ3v) is 10.2. The van der Waals surface area contributed by atoms with Crippen LogP contribution in [0.3, 0.4) is 0 Å². The van der Waals surface area contributed by atoms with E-state index in [1.165, 1.54) is 28.7 Å². The molecule has 2 aromatic carbocycles. The summed E-state index contributed by atoms with van der Waals surface area (Å²) in [5.41, 5.74) is 4.01. The van der Waals surface area contributed by atoms with E-state index in [9.17, 15) is 14.3 Å². The number of benzene rings is 2. The molecule has 7 rings (SSSR count). The van der Waals surface area contributed by atoms with Gasteiger partial charge in [-0.15, -0.1) is 0 Å². The van der Waals surface area contributed by atoms with Crippen LogP contribution in [0, 0.1) is 11.2 Å². The molecule has 2 saturated carbocycles. The van der Waals surface area contributed by atoms with Crippen molar-refractivity contribution in [3.8, 4) is 0 Å². The summed E-state index contributed by atoms with van der Waals surface area (Å²) in [5.74, 6) is -1.76. The van der Waals surface area contributed by atoms with Gasteiger partial charge in [-0.3, -0.25) is 0 Å². The van der Waals surface area contributed by atoms with Crippen molar-refractivity contribution in [1.29, 1.82) is 0 Å². The minimum absolute atomic E-state index is 0.0428. The van der Waals surface area contributed by atoms with Gasteiger partial charge in [0, 0.05) is 47.6 Å². The van der Waals surface area contributed by atoms with Crippen LogP contribution < -0.4 is 4.90 Å². The Morgan fingerprint density at radius 2 is 1.90 bits per heavy atom. The number of aromatic carboxylic acids is 1. The third kappa shape index (κ3) is 4.46. The van der Waals surface area contributed by atoms with Crippen molar-refractivity contribution in [1.82, 2.24) is 4.98 Å². The number of piperidine rings is 1. The van der Waals surface area contributed by atoms with Crippen molar-refractivity contribution in [2.45, 2.75) is 50.5 Å². The van der Waals surface area contributed by atoms with Gasteiger partial charge < -0.3 is 10.0 Å². The number of anilines is 1. The van der Waals surface area contributed by atoms with Gasteiger partial charge in [0.1, 0.15) is 11.4 Å².